The van der Waals surface area contributed by atoms with Crippen LogP contribution in [0.15, 0.2) is 0 Å². The van der Waals surface area contributed by atoms with Gasteiger partial charge in [-0.25, -0.2) is 9.59 Å². The maximum atomic E-state index is 11.6. The van der Waals surface area contributed by atoms with Crippen molar-refractivity contribution in [2.75, 3.05) is 13.2 Å². The fraction of sp³-hybridized carbons (Fsp3) is 0.833. The molecule has 0 N–H and O–H groups in total. The fourth-order valence-electron chi connectivity index (χ4n) is 2.12. The molecule has 0 saturated heterocycles. The number of alkyl halides is 6. The first-order chi connectivity index (χ1) is 10.00. The summed E-state index contributed by atoms with van der Waals surface area (Å²) < 4.78 is 8.47. The number of rotatable bonds is 4. The number of carbonyl (C=O) groups is 2. The summed E-state index contributed by atoms with van der Waals surface area (Å²) in [5, 5.41) is 0. The first-order valence-corrected chi connectivity index (χ1v) is 11.2. The van der Waals surface area contributed by atoms with Crippen molar-refractivity contribution in [2.24, 2.45) is 11.8 Å². The van der Waals surface area contributed by atoms with Crippen molar-refractivity contribution >= 4 is 108 Å². The van der Waals surface area contributed by atoms with Crippen molar-refractivity contribution in [2.45, 2.75) is 30.0 Å². The van der Waals surface area contributed by atoms with Crippen LogP contribution in [0.25, 0.3) is 0 Å². The molecule has 0 aromatic carbocycles. The first-order valence-electron chi connectivity index (χ1n) is 6.48. The van der Waals surface area contributed by atoms with E-state index in [2.05, 4.69) is 95.6 Å². The highest BCUT2D eigenvalue weighted by atomic mass is 80.0. The van der Waals surface area contributed by atoms with E-state index in [9.17, 15) is 9.59 Å². The highest BCUT2D eigenvalue weighted by molar-refractivity contribution is 9.40. The molecule has 128 valence electrons. The second kappa shape index (κ2) is 9.50. The molecule has 0 aromatic heterocycles. The molecule has 22 heavy (non-hydrogen) atoms. The summed E-state index contributed by atoms with van der Waals surface area (Å²) in [6.07, 6.45) is 3.82. The molecule has 1 saturated carbocycles. The predicted octanol–water partition coefficient (Wildman–Crippen LogP) is 5.56. The van der Waals surface area contributed by atoms with Crippen molar-refractivity contribution in [3.05, 3.63) is 0 Å². The second-order valence-corrected chi connectivity index (χ2v) is 18.6. The molecule has 0 aromatic rings. The molecule has 0 bridgehead atoms. The highest BCUT2D eigenvalue weighted by Crippen LogP contribution is 2.37. The minimum Gasteiger partial charge on any atom is -0.463 e. The van der Waals surface area contributed by atoms with E-state index in [1.807, 2.05) is 0 Å². The maximum Gasteiger partial charge on any atom is 0.344 e. The van der Waals surface area contributed by atoms with Gasteiger partial charge in [0.25, 0.3) is 0 Å². The van der Waals surface area contributed by atoms with Gasteiger partial charge in [0, 0.05) is 0 Å². The Hall–Kier alpha value is 1.82. The van der Waals surface area contributed by atoms with Crippen molar-refractivity contribution in [3.63, 3.8) is 0 Å². The molecule has 1 fully saturated rings. The lowest BCUT2D eigenvalue weighted by atomic mass is 9.83. The molecule has 0 atom stereocenters. The van der Waals surface area contributed by atoms with Gasteiger partial charge in [0.05, 0.1) is 13.2 Å². The molecule has 1 aliphatic rings. The normalized spacial score (nSPS) is 23.0. The Bertz CT molecular complexity index is 357. The zero-order chi connectivity index (χ0) is 17.0. The molecule has 0 radical (unpaired) electrons. The van der Waals surface area contributed by atoms with Crippen LogP contribution in [-0.4, -0.2) is 29.4 Å². The number of esters is 2. The van der Waals surface area contributed by atoms with Gasteiger partial charge in [-0.05, 0) is 133 Å². The van der Waals surface area contributed by atoms with Gasteiger partial charge in [-0.15, -0.1) is 0 Å². The highest BCUT2D eigenvalue weighted by Gasteiger charge is 2.33. The monoisotopic (exact) mass is 696 g/mol. The van der Waals surface area contributed by atoms with Gasteiger partial charge in [0.2, 0.25) is 4.29 Å². The molecule has 0 aliphatic heterocycles. The van der Waals surface area contributed by atoms with Crippen LogP contribution in [0.2, 0.25) is 0 Å². The van der Waals surface area contributed by atoms with Crippen LogP contribution in [-0.2, 0) is 19.1 Å². The molecule has 1 rings (SSSR count). The van der Waals surface area contributed by atoms with Crippen molar-refractivity contribution in [3.8, 4) is 0 Å². The third-order valence-corrected chi connectivity index (χ3v) is 5.27. The van der Waals surface area contributed by atoms with Gasteiger partial charge in [0.15, 0.2) is 0 Å². The summed E-state index contributed by atoms with van der Waals surface area (Å²) in [6, 6.07) is 0. The quantitative estimate of drug-likeness (QED) is 0.285. The first kappa shape index (κ1) is 21.9. The largest absolute Gasteiger partial charge is 0.463 e. The van der Waals surface area contributed by atoms with Gasteiger partial charge < -0.3 is 9.47 Å². The Morgan fingerprint density at radius 1 is 0.727 bits per heavy atom. The lowest BCUT2D eigenvalue weighted by molar-refractivity contribution is -0.145. The molecule has 0 spiro atoms. The van der Waals surface area contributed by atoms with E-state index in [1.54, 1.807) is 0 Å². The van der Waals surface area contributed by atoms with Crippen molar-refractivity contribution < 1.29 is 19.1 Å². The summed E-state index contributed by atoms with van der Waals surface area (Å²) in [7, 11) is 0. The fourth-order valence-corrected chi connectivity index (χ4v) is 2.80. The van der Waals surface area contributed by atoms with Crippen LogP contribution in [0.4, 0.5) is 0 Å². The number of hydrogen-bond donors (Lipinski definition) is 0. The van der Waals surface area contributed by atoms with Crippen LogP contribution in [0.3, 0.4) is 0 Å². The topological polar surface area (TPSA) is 52.6 Å². The van der Waals surface area contributed by atoms with E-state index < -0.39 is 16.2 Å². The minimum absolute atomic E-state index is 0.355. The van der Waals surface area contributed by atoms with Gasteiger partial charge >= 0.3 is 11.9 Å². The SMILES string of the molecule is O=C(OCC1CCC(COC(=O)C(Br)(Br)Br)CC1)C(Br)(Br)Br. The van der Waals surface area contributed by atoms with Crippen LogP contribution in [0.5, 0.6) is 0 Å². The van der Waals surface area contributed by atoms with Gasteiger partial charge in [0.1, 0.15) is 0 Å². The van der Waals surface area contributed by atoms with Crippen LogP contribution in [0, 0.1) is 11.8 Å². The number of carbonyl (C=O) groups excluding carboxylic acids is 2. The smallest absolute Gasteiger partial charge is 0.344 e. The van der Waals surface area contributed by atoms with Crippen LogP contribution in [0.1, 0.15) is 25.7 Å². The summed E-state index contributed by atoms with van der Waals surface area (Å²) in [6.45, 7) is 0.812. The van der Waals surface area contributed by atoms with E-state index >= 15 is 0 Å². The molecule has 0 heterocycles. The molecule has 4 nitrogen and oxygen atoms in total. The molecular formula is C12H14Br6O4. The van der Waals surface area contributed by atoms with Crippen molar-refractivity contribution in [1.82, 2.24) is 0 Å². The predicted molar refractivity (Wildman–Crippen MR) is 106 cm³/mol. The summed E-state index contributed by atoms with van der Waals surface area (Å²) in [5.41, 5.74) is 0. The Balaban J connectivity index is 2.24. The van der Waals surface area contributed by atoms with Gasteiger partial charge in [-0.1, -0.05) is 0 Å². The Morgan fingerprint density at radius 3 is 1.23 bits per heavy atom. The average molecular weight is 702 g/mol. The number of ether oxygens (including phenoxy) is 2. The third kappa shape index (κ3) is 8.27. The molecule has 0 amide bonds. The van der Waals surface area contributed by atoms with Crippen molar-refractivity contribution in [1.29, 1.82) is 0 Å². The van der Waals surface area contributed by atoms with E-state index in [1.165, 1.54) is 0 Å². The zero-order valence-electron chi connectivity index (χ0n) is 11.3. The third-order valence-electron chi connectivity index (χ3n) is 3.33. The molecule has 1 aliphatic carbocycles. The van der Waals surface area contributed by atoms with E-state index in [4.69, 9.17) is 9.47 Å². The minimum atomic E-state index is -1.01. The summed E-state index contributed by atoms with van der Waals surface area (Å²) in [4.78, 5) is 23.2. The molecule has 10 heteroatoms. The lowest BCUT2D eigenvalue weighted by Crippen LogP contribution is -2.28. The van der Waals surface area contributed by atoms with Gasteiger partial charge in [-0.2, -0.15) is 0 Å². The standard InChI is InChI=1S/C12H14Br6O4/c13-11(14,15)9(19)21-5-7-1-2-8(4-3-7)6-22-10(20)12(16,17)18/h7-8H,1-6H2. The lowest BCUT2D eigenvalue weighted by Gasteiger charge is -2.28. The van der Waals surface area contributed by atoms with E-state index in [0.29, 0.717) is 25.0 Å². The Kier molecular flexibility index (Phi) is 9.44. The Morgan fingerprint density at radius 2 is 1.00 bits per heavy atom. The number of hydrogen-bond acceptors (Lipinski definition) is 4. The summed E-state index contributed by atoms with van der Waals surface area (Å²) in [5.74, 6) is -0.0829. The van der Waals surface area contributed by atoms with Gasteiger partial charge in [-0.3, -0.25) is 0 Å². The average Bonchev–Trinajstić information content (AvgIpc) is 2.41. The zero-order valence-corrected chi connectivity index (χ0v) is 20.8. The second-order valence-electron chi connectivity index (χ2n) is 5.08. The maximum absolute atomic E-state index is 11.6. The van der Waals surface area contributed by atoms with Crippen LogP contribution < -0.4 is 0 Å². The molecule has 0 unspecified atom stereocenters. The van der Waals surface area contributed by atoms with E-state index in [0.717, 1.165) is 25.7 Å². The summed E-state index contributed by atoms with van der Waals surface area (Å²) >= 11 is 18.8. The Labute approximate surface area is 180 Å². The van der Waals surface area contributed by atoms with Crippen LogP contribution >= 0.6 is 95.6 Å². The van der Waals surface area contributed by atoms with E-state index in [-0.39, 0.29) is 0 Å². The number of halogens is 6. The molecular weight excluding hydrogens is 688 g/mol.